The van der Waals surface area contributed by atoms with Gasteiger partial charge in [0.1, 0.15) is 12.4 Å². The van der Waals surface area contributed by atoms with E-state index in [4.69, 9.17) is 27.9 Å². The number of anilines is 1. The third-order valence-electron chi connectivity index (χ3n) is 3.83. The highest BCUT2D eigenvalue weighted by molar-refractivity contribution is 6.30. The van der Waals surface area contributed by atoms with E-state index in [0.29, 0.717) is 41.2 Å². The summed E-state index contributed by atoms with van der Waals surface area (Å²) in [6, 6.07) is 8.45. The summed E-state index contributed by atoms with van der Waals surface area (Å²) in [5.41, 5.74) is 0.701. The van der Waals surface area contributed by atoms with Crippen molar-refractivity contribution in [1.29, 1.82) is 0 Å². The molecule has 1 aliphatic heterocycles. The lowest BCUT2D eigenvalue weighted by Gasteiger charge is -2.35. The van der Waals surface area contributed by atoms with Gasteiger partial charge in [-0.15, -0.1) is 24.8 Å². The van der Waals surface area contributed by atoms with Gasteiger partial charge in [0.05, 0.1) is 17.3 Å². The van der Waals surface area contributed by atoms with E-state index < -0.39 is 0 Å². The van der Waals surface area contributed by atoms with Gasteiger partial charge in [0.2, 0.25) is 0 Å². The third-order valence-corrected chi connectivity index (χ3v) is 4.29. The first kappa shape index (κ1) is 23.6. The first-order valence-corrected chi connectivity index (χ1v) is 8.64. The molecule has 1 aliphatic rings. The second-order valence-electron chi connectivity index (χ2n) is 5.64. The lowest BCUT2D eigenvalue weighted by atomic mass is 10.2. The van der Waals surface area contributed by atoms with Gasteiger partial charge < -0.3 is 20.3 Å². The van der Waals surface area contributed by atoms with Crippen molar-refractivity contribution in [3.8, 4) is 5.75 Å². The van der Waals surface area contributed by atoms with Crippen molar-refractivity contribution in [2.24, 2.45) is 0 Å². The highest BCUT2D eigenvalue weighted by atomic mass is 35.5. The Balaban J connectivity index is 0.00000182. The number of hydrogen-bond acceptors (Lipinski definition) is 4. The maximum absolute atomic E-state index is 12.6. The van der Waals surface area contributed by atoms with Crippen molar-refractivity contribution in [2.45, 2.75) is 6.04 Å². The predicted molar refractivity (Wildman–Crippen MR) is 113 cm³/mol. The highest BCUT2D eigenvalue weighted by Crippen LogP contribution is 2.17. The summed E-state index contributed by atoms with van der Waals surface area (Å²) >= 11 is 11.8. The molecule has 2 N–H and O–H groups in total. The number of halogens is 4. The first-order chi connectivity index (χ1) is 12.1. The van der Waals surface area contributed by atoms with Crippen molar-refractivity contribution in [2.75, 3.05) is 31.6 Å². The second kappa shape index (κ2) is 11.4. The van der Waals surface area contributed by atoms with Crippen LogP contribution >= 0.6 is 48.0 Å². The highest BCUT2D eigenvalue weighted by Gasteiger charge is 2.27. The predicted octanol–water partition coefficient (Wildman–Crippen LogP) is 4.12. The molecule has 27 heavy (non-hydrogen) atoms. The molecule has 0 bridgehead atoms. The molecule has 0 saturated carbocycles. The van der Waals surface area contributed by atoms with Gasteiger partial charge >= 0.3 is 6.03 Å². The zero-order chi connectivity index (χ0) is 17.6. The van der Waals surface area contributed by atoms with Crippen molar-refractivity contribution in [3.05, 3.63) is 52.8 Å². The van der Waals surface area contributed by atoms with E-state index in [1.54, 1.807) is 47.6 Å². The fourth-order valence-corrected chi connectivity index (χ4v) is 2.86. The van der Waals surface area contributed by atoms with Crippen LogP contribution in [-0.2, 0) is 0 Å². The smallest absolute Gasteiger partial charge is 0.322 e. The molecule has 2 heterocycles. The molecule has 1 atom stereocenters. The van der Waals surface area contributed by atoms with E-state index in [2.05, 4.69) is 15.6 Å². The Hall–Kier alpha value is -1.44. The molecular weight excluding hydrogens is 434 g/mol. The van der Waals surface area contributed by atoms with Gasteiger partial charge in [-0.3, -0.25) is 4.98 Å². The Kier molecular flexibility index (Phi) is 9.98. The van der Waals surface area contributed by atoms with Crippen LogP contribution in [0.3, 0.4) is 0 Å². The molecule has 1 saturated heterocycles. The van der Waals surface area contributed by atoms with Gasteiger partial charge in [-0.1, -0.05) is 23.2 Å². The minimum absolute atomic E-state index is 0. The number of pyridine rings is 1. The van der Waals surface area contributed by atoms with E-state index in [1.807, 2.05) is 0 Å². The van der Waals surface area contributed by atoms with Crippen LogP contribution in [-0.4, -0.2) is 48.2 Å². The molecule has 0 spiro atoms. The summed E-state index contributed by atoms with van der Waals surface area (Å²) in [5.74, 6) is 0.580. The standard InChI is InChI=1S/C17H18Cl2N4O2.2ClH/c18-12-1-3-14(4-2-12)22-17(24)23-6-5-20-9-15(23)11-25-16-7-13(19)8-21-10-16;;/h1-4,7-8,10,15,20H,5-6,9,11H2,(H,22,24);2*1H. The van der Waals surface area contributed by atoms with Crippen molar-refractivity contribution in [1.82, 2.24) is 15.2 Å². The third kappa shape index (κ3) is 6.90. The molecule has 148 valence electrons. The van der Waals surface area contributed by atoms with Crippen LogP contribution in [0, 0.1) is 0 Å². The van der Waals surface area contributed by atoms with Crippen LogP contribution in [0.15, 0.2) is 42.7 Å². The van der Waals surface area contributed by atoms with Gasteiger partial charge in [0.15, 0.2) is 0 Å². The molecule has 0 aliphatic carbocycles. The topological polar surface area (TPSA) is 66.5 Å². The van der Waals surface area contributed by atoms with Gasteiger partial charge in [-0.2, -0.15) is 0 Å². The Morgan fingerprint density at radius 1 is 1.22 bits per heavy atom. The number of carbonyl (C=O) groups excluding carboxylic acids is 1. The van der Waals surface area contributed by atoms with E-state index in [1.165, 1.54) is 0 Å². The number of ether oxygens (including phenoxy) is 1. The maximum Gasteiger partial charge on any atom is 0.322 e. The minimum atomic E-state index is -0.165. The van der Waals surface area contributed by atoms with E-state index in [0.717, 1.165) is 6.54 Å². The van der Waals surface area contributed by atoms with Crippen LogP contribution in [0.25, 0.3) is 0 Å². The van der Waals surface area contributed by atoms with Gasteiger partial charge in [-0.05, 0) is 24.3 Å². The molecule has 1 unspecified atom stereocenters. The fourth-order valence-electron chi connectivity index (χ4n) is 2.57. The molecule has 2 aromatic rings. The van der Waals surface area contributed by atoms with Gasteiger partial charge in [0, 0.05) is 42.6 Å². The summed E-state index contributed by atoms with van der Waals surface area (Å²) in [7, 11) is 0. The zero-order valence-corrected chi connectivity index (χ0v) is 17.4. The van der Waals surface area contributed by atoms with Crippen LogP contribution in [0.1, 0.15) is 0 Å². The number of amides is 2. The summed E-state index contributed by atoms with van der Waals surface area (Å²) in [4.78, 5) is 18.3. The number of benzene rings is 1. The second-order valence-corrected chi connectivity index (χ2v) is 6.51. The fraction of sp³-hybridized carbons (Fsp3) is 0.294. The SMILES string of the molecule is Cl.Cl.O=C(Nc1ccc(Cl)cc1)N1CCNCC1COc1cncc(Cl)c1. The van der Waals surface area contributed by atoms with Crippen molar-refractivity contribution >= 4 is 59.7 Å². The molecular formula is C17H20Cl4N4O2. The normalized spacial score (nSPS) is 15.9. The Labute approximate surface area is 180 Å². The number of carbonyl (C=O) groups is 1. The first-order valence-electron chi connectivity index (χ1n) is 7.89. The Morgan fingerprint density at radius 3 is 2.67 bits per heavy atom. The van der Waals surface area contributed by atoms with Crippen LogP contribution in [0.5, 0.6) is 5.75 Å². The largest absolute Gasteiger partial charge is 0.490 e. The molecule has 0 radical (unpaired) electrons. The average Bonchev–Trinajstić information content (AvgIpc) is 2.62. The lowest BCUT2D eigenvalue weighted by molar-refractivity contribution is 0.133. The molecule has 10 heteroatoms. The van der Waals surface area contributed by atoms with Crippen LogP contribution < -0.4 is 15.4 Å². The molecule has 6 nitrogen and oxygen atoms in total. The quantitative estimate of drug-likeness (QED) is 0.730. The number of urea groups is 1. The summed E-state index contributed by atoms with van der Waals surface area (Å²) in [5, 5.41) is 7.30. The molecule has 1 aromatic carbocycles. The van der Waals surface area contributed by atoms with E-state index in [-0.39, 0.29) is 36.9 Å². The number of aromatic nitrogens is 1. The van der Waals surface area contributed by atoms with Crippen molar-refractivity contribution < 1.29 is 9.53 Å². The number of piperazine rings is 1. The number of hydrogen-bond donors (Lipinski definition) is 2. The average molecular weight is 454 g/mol. The summed E-state index contributed by atoms with van der Waals surface area (Å²) in [6.07, 6.45) is 3.14. The molecule has 3 rings (SSSR count). The molecule has 2 amide bonds. The number of nitrogens with one attached hydrogen (secondary N) is 2. The van der Waals surface area contributed by atoms with E-state index in [9.17, 15) is 4.79 Å². The van der Waals surface area contributed by atoms with Crippen molar-refractivity contribution in [3.63, 3.8) is 0 Å². The lowest BCUT2D eigenvalue weighted by Crippen LogP contribution is -2.57. The Bertz CT molecular complexity index is 733. The minimum Gasteiger partial charge on any atom is -0.490 e. The Morgan fingerprint density at radius 2 is 1.96 bits per heavy atom. The van der Waals surface area contributed by atoms with E-state index >= 15 is 0 Å². The summed E-state index contributed by atoms with van der Waals surface area (Å²) < 4.78 is 5.75. The molecule has 1 fully saturated rings. The summed E-state index contributed by atoms with van der Waals surface area (Å²) in [6.45, 7) is 2.34. The van der Waals surface area contributed by atoms with Gasteiger partial charge in [-0.25, -0.2) is 4.79 Å². The number of nitrogens with zero attached hydrogens (tertiary/aromatic N) is 2. The van der Waals surface area contributed by atoms with Crippen LogP contribution in [0.4, 0.5) is 10.5 Å². The zero-order valence-electron chi connectivity index (χ0n) is 14.2. The monoisotopic (exact) mass is 452 g/mol. The van der Waals surface area contributed by atoms with Gasteiger partial charge in [0.25, 0.3) is 0 Å². The maximum atomic E-state index is 12.6. The molecule has 1 aromatic heterocycles. The number of rotatable bonds is 4. The van der Waals surface area contributed by atoms with Crippen LogP contribution in [0.2, 0.25) is 10.0 Å².